The average Bonchev–Trinajstić information content (AvgIpc) is 3.10. The molecule has 0 radical (unpaired) electrons. The maximum Gasteiger partial charge on any atom is 0.332 e. The first kappa shape index (κ1) is 16.9. The Morgan fingerprint density at radius 2 is 1.88 bits per heavy atom. The van der Waals surface area contributed by atoms with E-state index in [2.05, 4.69) is 9.97 Å². The second-order valence-corrected chi connectivity index (χ2v) is 7.07. The van der Waals surface area contributed by atoms with Crippen molar-refractivity contribution in [1.82, 2.24) is 23.5 Å². The van der Waals surface area contributed by atoms with Crippen LogP contribution in [0.4, 0.5) is 0 Å². The van der Waals surface area contributed by atoms with Crippen molar-refractivity contribution in [3.8, 4) is 0 Å². The Morgan fingerprint density at radius 1 is 1.15 bits per heavy atom. The van der Waals surface area contributed by atoms with Crippen LogP contribution in [0.5, 0.6) is 0 Å². The minimum absolute atomic E-state index is 0.0913. The molecule has 0 atom stereocenters. The van der Waals surface area contributed by atoms with E-state index in [1.165, 1.54) is 9.13 Å². The Hall–Kier alpha value is -2.51. The molecule has 26 heavy (non-hydrogen) atoms. The lowest BCUT2D eigenvalue weighted by atomic mass is 10.2. The molecule has 4 rings (SSSR count). The molecule has 7 nitrogen and oxygen atoms in total. The van der Waals surface area contributed by atoms with Gasteiger partial charge in [0.05, 0.1) is 16.6 Å². The number of benzene rings is 1. The van der Waals surface area contributed by atoms with Crippen LogP contribution in [-0.4, -0.2) is 23.5 Å². The average molecular weight is 392 g/mol. The number of imidazole rings is 2. The monoisotopic (exact) mass is 391 g/mol. The number of rotatable bonds is 2. The smallest absolute Gasteiger partial charge is 0.327 e. The van der Waals surface area contributed by atoms with Crippen molar-refractivity contribution in [1.29, 1.82) is 0 Å². The molecule has 0 spiro atoms. The number of aryl methyl sites for hydroxylation is 3. The molecule has 3 heterocycles. The van der Waals surface area contributed by atoms with Crippen molar-refractivity contribution in [3.63, 3.8) is 0 Å². The van der Waals surface area contributed by atoms with Crippen molar-refractivity contribution in [2.75, 3.05) is 0 Å². The minimum atomic E-state index is -0.441. The summed E-state index contributed by atoms with van der Waals surface area (Å²) in [5.41, 5.74) is 2.37. The summed E-state index contributed by atoms with van der Waals surface area (Å²) in [6, 6.07) is 5.03. The van der Waals surface area contributed by atoms with Crippen LogP contribution in [0.25, 0.3) is 16.9 Å². The molecule has 4 aromatic rings. The van der Waals surface area contributed by atoms with Crippen LogP contribution in [0, 0.1) is 13.8 Å². The topological polar surface area (TPSA) is 77.1 Å². The molecule has 0 aliphatic rings. The number of aromatic amines is 1. The first-order valence-corrected chi connectivity index (χ1v) is 8.66. The lowest BCUT2D eigenvalue weighted by Crippen LogP contribution is -2.39. The maximum absolute atomic E-state index is 13.1. The van der Waals surface area contributed by atoms with Gasteiger partial charge in [0.2, 0.25) is 5.78 Å². The maximum atomic E-state index is 13.1. The van der Waals surface area contributed by atoms with Crippen LogP contribution in [0.3, 0.4) is 0 Å². The number of hydrogen-bond donors (Lipinski definition) is 1. The Kier molecular flexibility index (Phi) is 3.75. The van der Waals surface area contributed by atoms with Gasteiger partial charge in [-0.15, -0.1) is 0 Å². The minimum Gasteiger partial charge on any atom is -0.327 e. The Balaban J connectivity index is 2.03. The fourth-order valence-electron chi connectivity index (χ4n) is 3.12. The molecule has 0 bridgehead atoms. The first-order chi connectivity index (χ1) is 12.3. The number of nitrogens with zero attached hydrogens (tertiary/aromatic N) is 4. The summed E-state index contributed by atoms with van der Waals surface area (Å²) in [5, 5.41) is 0.793. The van der Waals surface area contributed by atoms with Crippen molar-refractivity contribution in [2.24, 2.45) is 7.05 Å². The van der Waals surface area contributed by atoms with E-state index in [1.54, 1.807) is 29.6 Å². The van der Waals surface area contributed by atoms with Crippen molar-refractivity contribution >= 4 is 40.1 Å². The van der Waals surface area contributed by atoms with Gasteiger partial charge in [0.15, 0.2) is 11.2 Å². The third-order valence-electron chi connectivity index (χ3n) is 4.64. The largest absolute Gasteiger partial charge is 0.332 e. The summed E-state index contributed by atoms with van der Waals surface area (Å²) in [7, 11) is 1.60. The highest BCUT2D eigenvalue weighted by Crippen LogP contribution is 2.23. The Morgan fingerprint density at radius 3 is 2.58 bits per heavy atom. The molecule has 0 fully saturated rings. The van der Waals surface area contributed by atoms with Crippen molar-refractivity contribution in [3.05, 3.63) is 66.0 Å². The quantitative estimate of drug-likeness (QED) is 0.570. The van der Waals surface area contributed by atoms with E-state index in [1.807, 2.05) is 13.8 Å². The molecule has 0 unspecified atom stereocenters. The number of halogens is 2. The number of H-pyrrole nitrogens is 1. The SMILES string of the molecule is Cc1[nH]c2nc3c(c(=O)n(Cc4ccc(Cl)c(Cl)c4)c(=O)n3C)n2c1C. The zero-order valence-electron chi connectivity index (χ0n) is 14.3. The molecular weight excluding hydrogens is 377 g/mol. The third kappa shape index (κ3) is 2.31. The lowest BCUT2D eigenvalue weighted by Gasteiger charge is -2.09. The first-order valence-electron chi connectivity index (χ1n) is 7.90. The van der Waals surface area contributed by atoms with Crippen LogP contribution in [0.2, 0.25) is 10.0 Å². The van der Waals surface area contributed by atoms with Gasteiger partial charge in [0.1, 0.15) is 0 Å². The van der Waals surface area contributed by atoms with E-state index in [-0.39, 0.29) is 6.54 Å². The predicted octanol–water partition coefficient (Wildman–Crippen LogP) is 2.65. The standard InChI is InChI=1S/C17H15Cl2N5O2/c1-8-9(2)24-13-14(21-16(24)20-8)22(3)17(26)23(15(13)25)7-10-4-5-11(18)12(19)6-10/h4-6H,7H2,1-3H3,(H,20,21). The summed E-state index contributed by atoms with van der Waals surface area (Å²) >= 11 is 12.0. The molecule has 0 aliphatic heterocycles. The molecule has 1 N–H and O–H groups in total. The molecule has 0 aliphatic carbocycles. The number of fused-ring (bicyclic) bond motifs is 3. The van der Waals surface area contributed by atoms with Crippen LogP contribution in [0.15, 0.2) is 27.8 Å². The molecule has 0 amide bonds. The van der Waals surface area contributed by atoms with Gasteiger partial charge in [-0.05, 0) is 31.5 Å². The summed E-state index contributed by atoms with van der Waals surface area (Å²) in [6.45, 7) is 3.90. The summed E-state index contributed by atoms with van der Waals surface area (Å²) < 4.78 is 4.31. The van der Waals surface area contributed by atoms with E-state index in [4.69, 9.17) is 23.2 Å². The fourth-order valence-corrected chi connectivity index (χ4v) is 3.44. The van der Waals surface area contributed by atoms with Gasteiger partial charge < -0.3 is 4.98 Å². The van der Waals surface area contributed by atoms with E-state index in [0.29, 0.717) is 32.6 Å². The zero-order valence-corrected chi connectivity index (χ0v) is 15.8. The van der Waals surface area contributed by atoms with Gasteiger partial charge in [-0.3, -0.25) is 18.3 Å². The van der Waals surface area contributed by atoms with E-state index >= 15 is 0 Å². The van der Waals surface area contributed by atoms with Gasteiger partial charge in [0.25, 0.3) is 5.56 Å². The Bertz CT molecular complexity index is 1310. The van der Waals surface area contributed by atoms with Crippen molar-refractivity contribution < 1.29 is 0 Å². The normalized spacial score (nSPS) is 11.7. The molecule has 0 saturated heterocycles. The lowest BCUT2D eigenvalue weighted by molar-refractivity contribution is 0.656. The van der Waals surface area contributed by atoms with Crippen LogP contribution < -0.4 is 11.2 Å². The molecular formula is C17H15Cl2N5O2. The summed E-state index contributed by atoms with van der Waals surface area (Å²) in [4.78, 5) is 33.4. The summed E-state index contributed by atoms with van der Waals surface area (Å²) in [5.74, 6) is 0.536. The number of hydrogen-bond acceptors (Lipinski definition) is 3. The van der Waals surface area contributed by atoms with Gasteiger partial charge in [-0.25, -0.2) is 4.79 Å². The molecule has 0 saturated carbocycles. The molecule has 134 valence electrons. The van der Waals surface area contributed by atoms with Crippen LogP contribution in [0.1, 0.15) is 17.0 Å². The molecule has 3 aromatic heterocycles. The highest BCUT2D eigenvalue weighted by atomic mass is 35.5. The number of nitrogens with one attached hydrogen (secondary N) is 1. The number of aromatic nitrogens is 5. The fraction of sp³-hybridized carbons (Fsp3) is 0.235. The second kappa shape index (κ2) is 5.75. The van der Waals surface area contributed by atoms with Crippen molar-refractivity contribution in [2.45, 2.75) is 20.4 Å². The van der Waals surface area contributed by atoms with E-state index in [0.717, 1.165) is 11.4 Å². The highest BCUT2D eigenvalue weighted by Gasteiger charge is 2.20. The molecule has 9 heteroatoms. The third-order valence-corrected chi connectivity index (χ3v) is 5.38. The van der Waals surface area contributed by atoms with Crippen LogP contribution in [-0.2, 0) is 13.6 Å². The predicted molar refractivity (Wildman–Crippen MR) is 102 cm³/mol. The summed E-state index contributed by atoms with van der Waals surface area (Å²) in [6.07, 6.45) is 0. The second-order valence-electron chi connectivity index (χ2n) is 6.26. The van der Waals surface area contributed by atoms with Gasteiger partial charge in [0, 0.05) is 18.4 Å². The highest BCUT2D eigenvalue weighted by molar-refractivity contribution is 6.42. The van der Waals surface area contributed by atoms with E-state index < -0.39 is 11.2 Å². The van der Waals surface area contributed by atoms with Gasteiger partial charge in [-0.1, -0.05) is 29.3 Å². The Labute approximate surface area is 157 Å². The molecule has 1 aromatic carbocycles. The zero-order chi connectivity index (χ0) is 18.7. The van der Waals surface area contributed by atoms with Gasteiger partial charge >= 0.3 is 5.69 Å². The van der Waals surface area contributed by atoms with Gasteiger partial charge in [-0.2, -0.15) is 4.98 Å². The van der Waals surface area contributed by atoms with E-state index in [9.17, 15) is 9.59 Å². The van der Waals surface area contributed by atoms with Crippen LogP contribution >= 0.6 is 23.2 Å².